The van der Waals surface area contributed by atoms with Gasteiger partial charge in [0.15, 0.2) is 0 Å². The molecule has 5 heteroatoms. The lowest BCUT2D eigenvalue weighted by molar-refractivity contribution is -0.183. The van der Waals surface area contributed by atoms with E-state index in [0.717, 1.165) is 55.8 Å². The van der Waals surface area contributed by atoms with Crippen LogP contribution in [-0.4, -0.2) is 23.0 Å². The van der Waals surface area contributed by atoms with E-state index < -0.39 is 5.97 Å². The second-order valence-corrected chi connectivity index (χ2v) is 7.74. The van der Waals surface area contributed by atoms with Gasteiger partial charge in [0, 0.05) is 10.4 Å². The fourth-order valence-corrected chi connectivity index (χ4v) is 3.96. The van der Waals surface area contributed by atoms with Gasteiger partial charge in [-0.2, -0.15) is 5.06 Å². The lowest BCUT2D eigenvalue weighted by atomic mass is 9.88. The van der Waals surface area contributed by atoms with E-state index in [-0.39, 0.29) is 17.9 Å². The molecule has 0 unspecified atom stereocenters. The highest BCUT2D eigenvalue weighted by Gasteiger charge is 2.35. The third-order valence-electron chi connectivity index (χ3n) is 5.09. The van der Waals surface area contributed by atoms with Crippen molar-refractivity contribution in [2.24, 2.45) is 5.92 Å². The predicted molar refractivity (Wildman–Crippen MR) is 95.2 cm³/mol. The van der Waals surface area contributed by atoms with Gasteiger partial charge in [-0.25, -0.2) is 4.79 Å². The molecule has 2 fully saturated rings. The van der Waals surface area contributed by atoms with Gasteiger partial charge in [-0.3, -0.25) is 4.79 Å². The molecule has 0 saturated heterocycles. The van der Waals surface area contributed by atoms with Gasteiger partial charge in [-0.15, -0.1) is 0 Å². The Morgan fingerprint density at radius 1 is 0.917 bits per heavy atom. The molecule has 0 bridgehead atoms. The molecule has 0 radical (unpaired) electrons. The van der Waals surface area contributed by atoms with Crippen molar-refractivity contribution in [3.05, 3.63) is 34.3 Å². The number of hydrogen-bond donors (Lipinski definition) is 0. The predicted octanol–water partition coefficient (Wildman–Crippen LogP) is 4.87. The molecular formula is C19H24BrNO3. The van der Waals surface area contributed by atoms with Gasteiger partial charge >= 0.3 is 5.97 Å². The molecule has 2 saturated carbocycles. The summed E-state index contributed by atoms with van der Waals surface area (Å²) in [7, 11) is 0. The van der Waals surface area contributed by atoms with Crippen LogP contribution >= 0.6 is 15.9 Å². The molecule has 0 aromatic heterocycles. The molecule has 2 aliphatic carbocycles. The van der Waals surface area contributed by atoms with Crippen molar-refractivity contribution < 1.29 is 14.4 Å². The van der Waals surface area contributed by atoms with E-state index >= 15 is 0 Å². The first-order valence-electron chi connectivity index (χ1n) is 8.96. The van der Waals surface area contributed by atoms with Crippen molar-refractivity contribution in [3.8, 4) is 0 Å². The average Bonchev–Trinajstić information content (AvgIpc) is 3.14. The standard InChI is InChI=1S/C19H24BrNO3/c20-16-12-10-15(11-13-16)19(23)24-21(17-8-4-5-9-17)18(22)14-6-2-1-3-7-14/h10-14,17H,1-9H2. The van der Waals surface area contributed by atoms with Crippen LogP contribution in [0.2, 0.25) is 0 Å². The Kier molecular flexibility index (Phi) is 5.93. The number of hydrogen-bond acceptors (Lipinski definition) is 3. The Labute approximate surface area is 151 Å². The van der Waals surface area contributed by atoms with Crippen LogP contribution in [-0.2, 0) is 9.63 Å². The summed E-state index contributed by atoms with van der Waals surface area (Å²) in [5, 5.41) is 1.42. The van der Waals surface area contributed by atoms with Crippen molar-refractivity contribution in [1.29, 1.82) is 0 Å². The normalized spacial score (nSPS) is 19.2. The minimum absolute atomic E-state index is 0.00654. The van der Waals surface area contributed by atoms with Gasteiger partial charge in [0.25, 0.3) is 5.91 Å². The number of hydroxylamine groups is 2. The Hall–Kier alpha value is -1.36. The maximum atomic E-state index is 12.9. The summed E-state index contributed by atoms with van der Waals surface area (Å²) in [5.74, 6) is -0.428. The van der Waals surface area contributed by atoms with Crippen LogP contribution in [0.15, 0.2) is 28.7 Å². The van der Waals surface area contributed by atoms with Crippen LogP contribution in [0.1, 0.15) is 68.1 Å². The zero-order valence-corrected chi connectivity index (χ0v) is 15.5. The van der Waals surface area contributed by atoms with Crippen molar-refractivity contribution in [2.75, 3.05) is 0 Å². The Balaban J connectivity index is 1.72. The van der Waals surface area contributed by atoms with Crippen LogP contribution in [0.5, 0.6) is 0 Å². The lowest BCUT2D eigenvalue weighted by Gasteiger charge is -2.31. The number of rotatable bonds is 3. The Morgan fingerprint density at radius 3 is 2.12 bits per heavy atom. The van der Waals surface area contributed by atoms with E-state index in [9.17, 15) is 9.59 Å². The molecule has 0 aliphatic heterocycles. The van der Waals surface area contributed by atoms with E-state index in [1.807, 2.05) is 0 Å². The second-order valence-electron chi connectivity index (χ2n) is 6.82. The molecule has 2 aliphatic rings. The number of nitrogens with zero attached hydrogens (tertiary/aromatic N) is 1. The van der Waals surface area contributed by atoms with Crippen molar-refractivity contribution in [1.82, 2.24) is 5.06 Å². The van der Waals surface area contributed by atoms with Gasteiger partial charge in [0.1, 0.15) is 0 Å². The molecule has 0 atom stereocenters. The topological polar surface area (TPSA) is 46.6 Å². The smallest absolute Gasteiger partial charge is 0.332 e. The van der Waals surface area contributed by atoms with Gasteiger partial charge in [0.05, 0.1) is 11.6 Å². The average molecular weight is 394 g/mol. The number of halogens is 1. The maximum absolute atomic E-state index is 12.9. The number of carbonyl (C=O) groups is 2. The molecule has 0 N–H and O–H groups in total. The van der Waals surface area contributed by atoms with E-state index in [1.165, 1.54) is 11.5 Å². The second kappa shape index (κ2) is 8.15. The summed E-state index contributed by atoms with van der Waals surface area (Å²) in [6.07, 6.45) is 9.24. The molecule has 24 heavy (non-hydrogen) atoms. The van der Waals surface area contributed by atoms with Gasteiger partial charge < -0.3 is 4.84 Å². The minimum Gasteiger partial charge on any atom is -0.332 e. The summed E-state index contributed by atoms with van der Waals surface area (Å²) < 4.78 is 0.907. The summed E-state index contributed by atoms with van der Waals surface area (Å²) >= 11 is 3.36. The number of benzene rings is 1. The highest BCUT2D eigenvalue weighted by molar-refractivity contribution is 9.10. The summed E-state index contributed by atoms with van der Waals surface area (Å²) in [6, 6.07) is 7.08. The van der Waals surface area contributed by atoms with Crippen LogP contribution < -0.4 is 0 Å². The molecule has 0 heterocycles. The zero-order chi connectivity index (χ0) is 16.9. The third kappa shape index (κ3) is 4.18. The SMILES string of the molecule is O=C(ON(C(=O)C1CCCCC1)C1CCCC1)c1ccc(Br)cc1. The maximum Gasteiger partial charge on any atom is 0.363 e. The van der Waals surface area contributed by atoms with Crippen LogP contribution in [0.3, 0.4) is 0 Å². The molecule has 130 valence electrons. The first-order valence-corrected chi connectivity index (χ1v) is 9.75. The molecule has 0 spiro atoms. The van der Waals surface area contributed by atoms with Crippen LogP contribution in [0.4, 0.5) is 0 Å². The molecule has 1 aromatic rings. The summed E-state index contributed by atoms with van der Waals surface area (Å²) in [6.45, 7) is 0. The van der Waals surface area contributed by atoms with Gasteiger partial charge in [0.2, 0.25) is 0 Å². The summed E-state index contributed by atoms with van der Waals surface area (Å²) in [4.78, 5) is 31.0. The third-order valence-corrected chi connectivity index (χ3v) is 5.62. The highest BCUT2D eigenvalue weighted by Crippen LogP contribution is 2.30. The molecule has 1 aromatic carbocycles. The van der Waals surface area contributed by atoms with Crippen LogP contribution in [0.25, 0.3) is 0 Å². The minimum atomic E-state index is -0.446. The molecular weight excluding hydrogens is 370 g/mol. The van der Waals surface area contributed by atoms with Gasteiger partial charge in [-0.1, -0.05) is 48.0 Å². The molecule has 4 nitrogen and oxygen atoms in total. The van der Waals surface area contributed by atoms with Crippen molar-refractivity contribution >= 4 is 27.8 Å². The zero-order valence-electron chi connectivity index (χ0n) is 13.9. The van der Waals surface area contributed by atoms with Gasteiger partial charge in [-0.05, 0) is 49.9 Å². The first-order chi connectivity index (χ1) is 11.6. The number of carbonyl (C=O) groups excluding carboxylic acids is 2. The van der Waals surface area contributed by atoms with E-state index in [0.29, 0.717) is 5.56 Å². The molecule has 1 amide bonds. The Morgan fingerprint density at radius 2 is 1.50 bits per heavy atom. The number of amides is 1. The van der Waals surface area contributed by atoms with Crippen molar-refractivity contribution in [2.45, 2.75) is 63.8 Å². The quantitative estimate of drug-likeness (QED) is 0.687. The monoisotopic (exact) mass is 393 g/mol. The fraction of sp³-hybridized carbons (Fsp3) is 0.579. The van der Waals surface area contributed by atoms with Crippen LogP contribution in [0, 0.1) is 5.92 Å². The van der Waals surface area contributed by atoms with Crippen molar-refractivity contribution in [3.63, 3.8) is 0 Å². The van der Waals surface area contributed by atoms with E-state index in [2.05, 4.69) is 15.9 Å². The molecule has 3 rings (SSSR count). The lowest BCUT2D eigenvalue weighted by Crippen LogP contribution is -2.44. The Bertz CT molecular complexity index is 575. The van der Waals surface area contributed by atoms with E-state index in [1.54, 1.807) is 24.3 Å². The fourth-order valence-electron chi connectivity index (χ4n) is 3.70. The largest absolute Gasteiger partial charge is 0.363 e. The summed E-state index contributed by atoms with van der Waals surface area (Å²) in [5.41, 5.74) is 0.470. The van der Waals surface area contributed by atoms with E-state index in [4.69, 9.17) is 4.84 Å². The first kappa shape index (κ1) is 17.5. The highest BCUT2D eigenvalue weighted by atomic mass is 79.9.